The Morgan fingerprint density at radius 3 is 2.38 bits per heavy atom. The number of hydrogen-bond donors (Lipinski definition) is 1. The Morgan fingerprint density at radius 1 is 1.06 bits per heavy atom. The fraction of sp³-hybridized carbons (Fsp3) is 0.320. The number of hydrogen-bond acceptors (Lipinski definition) is 4. The third kappa shape index (κ3) is 4.33. The molecule has 1 aromatic heterocycles. The van der Waals surface area contributed by atoms with Crippen molar-refractivity contribution >= 4 is 23.3 Å². The molecule has 3 aromatic rings. The number of ether oxygens (including phenoxy) is 1. The molecule has 2 heterocycles. The van der Waals surface area contributed by atoms with Crippen LogP contribution < -0.4 is 5.32 Å². The quantitative estimate of drug-likeness (QED) is 0.450. The fourth-order valence-electron chi connectivity index (χ4n) is 4.37. The van der Waals surface area contributed by atoms with Gasteiger partial charge >= 0.3 is 0 Å². The molecule has 4 rings (SSSR count). The predicted molar refractivity (Wildman–Crippen MR) is 124 cm³/mol. The number of carbonyl (C=O) groups is 2. The lowest BCUT2D eigenvalue weighted by Crippen LogP contribution is -2.46. The second-order valence-corrected chi connectivity index (χ2v) is 8.64. The van der Waals surface area contributed by atoms with E-state index < -0.39 is 11.7 Å². The summed E-state index contributed by atoms with van der Waals surface area (Å²) < 4.78 is 7.25. The monoisotopic (exact) mass is 451 g/mol. The molecule has 0 spiro atoms. The van der Waals surface area contributed by atoms with E-state index in [-0.39, 0.29) is 5.41 Å². The number of rotatable bonds is 6. The zero-order valence-corrected chi connectivity index (χ0v) is 19.0. The van der Waals surface area contributed by atoms with Gasteiger partial charge in [0, 0.05) is 30.2 Å². The molecule has 1 N–H and O–H groups in total. The fourth-order valence-corrected chi connectivity index (χ4v) is 4.49. The molecule has 7 heteroatoms. The number of ketones is 1. The van der Waals surface area contributed by atoms with E-state index in [4.69, 9.17) is 16.3 Å². The Hall–Kier alpha value is -2.96. The maximum atomic E-state index is 13.1. The molecule has 0 bridgehead atoms. The van der Waals surface area contributed by atoms with Crippen molar-refractivity contribution in [2.24, 2.45) is 0 Å². The maximum absolute atomic E-state index is 13.1. The maximum Gasteiger partial charge on any atom is 0.292 e. The van der Waals surface area contributed by atoms with E-state index in [9.17, 15) is 9.59 Å². The van der Waals surface area contributed by atoms with Crippen LogP contribution in [0.25, 0.3) is 5.69 Å². The van der Waals surface area contributed by atoms with Crippen LogP contribution in [-0.2, 0) is 14.9 Å². The summed E-state index contributed by atoms with van der Waals surface area (Å²) in [6.07, 6.45) is 1.51. The molecule has 1 aliphatic rings. The molecule has 0 aliphatic carbocycles. The van der Waals surface area contributed by atoms with Gasteiger partial charge in [-0.2, -0.15) is 5.10 Å². The molecule has 0 atom stereocenters. The van der Waals surface area contributed by atoms with Crippen molar-refractivity contribution in [2.45, 2.75) is 32.1 Å². The van der Waals surface area contributed by atoms with Crippen molar-refractivity contribution in [3.63, 3.8) is 0 Å². The normalized spacial score (nSPS) is 15.3. The average molecular weight is 452 g/mol. The molecule has 1 aliphatic heterocycles. The predicted octanol–water partition coefficient (Wildman–Crippen LogP) is 4.19. The van der Waals surface area contributed by atoms with Gasteiger partial charge in [0.2, 0.25) is 0 Å². The summed E-state index contributed by atoms with van der Waals surface area (Å²) in [7, 11) is 0. The molecule has 6 nitrogen and oxygen atoms in total. The summed E-state index contributed by atoms with van der Waals surface area (Å²) in [5.74, 6) is -1.19. The Morgan fingerprint density at radius 2 is 1.72 bits per heavy atom. The van der Waals surface area contributed by atoms with Gasteiger partial charge in [-0.1, -0.05) is 41.9 Å². The van der Waals surface area contributed by atoms with Crippen LogP contribution in [-0.4, -0.2) is 41.2 Å². The summed E-state index contributed by atoms with van der Waals surface area (Å²) in [5, 5.41) is 8.05. The standard InChI is InChI=1S/C25H26ClN3O3/c1-17-22(18(2)29(28-17)21-6-4-3-5-7-21)23(30)24(31)27-16-25(12-14-32-15-13-25)19-8-10-20(26)11-9-19/h3-11H,12-16H2,1-2H3,(H,27,31). The largest absolute Gasteiger partial charge is 0.381 e. The Kier molecular flexibility index (Phi) is 6.44. The van der Waals surface area contributed by atoms with Crippen LogP contribution in [0.2, 0.25) is 5.02 Å². The van der Waals surface area contributed by atoms with E-state index in [1.54, 1.807) is 18.5 Å². The number of aryl methyl sites for hydroxylation is 1. The minimum Gasteiger partial charge on any atom is -0.381 e. The van der Waals surface area contributed by atoms with Crippen molar-refractivity contribution in [3.8, 4) is 5.69 Å². The van der Waals surface area contributed by atoms with Gasteiger partial charge in [-0.3, -0.25) is 9.59 Å². The van der Waals surface area contributed by atoms with Crippen LogP contribution in [0.5, 0.6) is 0 Å². The lowest BCUT2D eigenvalue weighted by Gasteiger charge is -2.38. The summed E-state index contributed by atoms with van der Waals surface area (Å²) in [5.41, 5.74) is 3.16. The van der Waals surface area contributed by atoms with Crippen molar-refractivity contribution in [1.29, 1.82) is 0 Å². The molecule has 0 saturated carbocycles. The van der Waals surface area contributed by atoms with E-state index in [1.807, 2.05) is 54.6 Å². The number of halogens is 1. The van der Waals surface area contributed by atoms with Gasteiger partial charge in [-0.15, -0.1) is 0 Å². The SMILES string of the molecule is Cc1nn(-c2ccccc2)c(C)c1C(=O)C(=O)NCC1(c2ccc(Cl)cc2)CCOCC1. The third-order valence-electron chi connectivity index (χ3n) is 6.22. The van der Waals surface area contributed by atoms with Crippen LogP contribution in [0.15, 0.2) is 54.6 Å². The minimum atomic E-state index is -0.622. The number of para-hydroxylation sites is 1. The molecule has 32 heavy (non-hydrogen) atoms. The van der Waals surface area contributed by atoms with Gasteiger partial charge < -0.3 is 10.1 Å². The molecular weight excluding hydrogens is 426 g/mol. The number of Topliss-reactive ketones (excluding diaryl/α,β-unsaturated/α-hetero) is 1. The molecule has 1 saturated heterocycles. The van der Waals surface area contributed by atoms with Crippen LogP contribution in [0.4, 0.5) is 0 Å². The first-order valence-corrected chi connectivity index (χ1v) is 11.1. The van der Waals surface area contributed by atoms with E-state index >= 15 is 0 Å². The Labute approximate surface area is 192 Å². The Bertz CT molecular complexity index is 1120. The number of nitrogens with one attached hydrogen (secondary N) is 1. The van der Waals surface area contributed by atoms with E-state index in [2.05, 4.69) is 10.4 Å². The van der Waals surface area contributed by atoms with Crippen molar-refractivity contribution in [2.75, 3.05) is 19.8 Å². The van der Waals surface area contributed by atoms with Crippen molar-refractivity contribution in [3.05, 3.63) is 82.1 Å². The van der Waals surface area contributed by atoms with Crippen molar-refractivity contribution < 1.29 is 14.3 Å². The minimum absolute atomic E-state index is 0.295. The summed E-state index contributed by atoms with van der Waals surface area (Å²) in [4.78, 5) is 26.0. The lowest BCUT2D eigenvalue weighted by molar-refractivity contribution is -0.117. The number of nitrogens with zero attached hydrogens (tertiary/aromatic N) is 2. The van der Waals surface area contributed by atoms with Gasteiger partial charge in [0.05, 0.1) is 22.6 Å². The van der Waals surface area contributed by atoms with Crippen LogP contribution in [0, 0.1) is 13.8 Å². The van der Waals surface area contributed by atoms with Crippen LogP contribution in [0.1, 0.15) is 40.2 Å². The topological polar surface area (TPSA) is 73.2 Å². The molecule has 2 aromatic carbocycles. The number of carbonyl (C=O) groups excluding carboxylic acids is 2. The zero-order chi connectivity index (χ0) is 22.7. The molecule has 166 valence electrons. The Balaban J connectivity index is 1.54. The van der Waals surface area contributed by atoms with Gasteiger partial charge in [0.25, 0.3) is 11.7 Å². The van der Waals surface area contributed by atoms with E-state index in [0.29, 0.717) is 41.7 Å². The van der Waals surface area contributed by atoms with Gasteiger partial charge in [0.1, 0.15) is 0 Å². The lowest BCUT2D eigenvalue weighted by atomic mass is 9.74. The number of benzene rings is 2. The second kappa shape index (κ2) is 9.27. The summed E-state index contributed by atoms with van der Waals surface area (Å²) >= 11 is 6.06. The second-order valence-electron chi connectivity index (χ2n) is 8.20. The first-order valence-electron chi connectivity index (χ1n) is 10.7. The van der Waals surface area contributed by atoms with E-state index in [1.165, 1.54) is 0 Å². The summed E-state index contributed by atoms with van der Waals surface area (Å²) in [6.45, 7) is 5.12. The van der Waals surface area contributed by atoms with Crippen LogP contribution in [0.3, 0.4) is 0 Å². The number of amides is 1. The first kappa shape index (κ1) is 22.2. The molecule has 1 fully saturated rings. The zero-order valence-electron chi connectivity index (χ0n) is 18.2. The molecule has 0 unspecified atom stereocenters. The average Bonchev–Trinajstić information content (AvgIpc) is 3.12. The molecular formula is C25H26ClN3O3. The van der Waals surface area contributed by atoms with Gasteiger partial charge in [-0.05, 0) is 56.5 Å². The van der Waals surface area contributed by atoms with Gasteiger partial charge in [-0.25, -0.2) is 4.68 Å². The van der Waals surface area contributed by atoms with Crippen LogP contribution >= 0.6 is 11.6 Å². The van der Waals surface area contributed by atoms with E-state index in [0.717, 1.165) is 24.1 Å². The molecule has 1 amide bonds. The first-order chi connectivity index (χ1) is 15.4. The molecule has 0 radical (unpaired) electrons. The smallest absolute Gasteiger partial charge is 0.292 e. The summed E-state index contributed by atoms with van der Waals surface area (Å²) in [6, 6.07) is 17.2. The highest BCUT2D eigenvalue weighted by atomic mass is 35.5. The van der Waals surface area contributed by atoms with Gasteiger partial charge in [0.15, 0.2) is 0 Å². The number of aromatic nitrogens is 2. The third-order valence-corrected chi connectivity index (χ3v) is 6.47. The highest BCUT2D eigenvalue weighted by Gasteiger charge is 2.36. The van der Waals surface area contributed by atoms with Crippen molar-refractivity contribution in [1.82, 2.24) is 15.1 Å². The highest BCUT2D eigenvalue weighted by molar-refractivity contribution is 6.43. The highest BCUT2D eigenvalue weighted by Crippen LogP contribution is 2.35.